The summed E-state index contributed by atoms with van der Waals surface area (Å²) < 4.78 is 5.18. The lowest BCUT2D eigenvalue weighted by molar-refractivity contribution is -0.149. The van der Waals surface area contributed by atoms with Crippen LogP contribution in [-0.4, -0.2) is 35.7 Å². The molecule has 0 fully saturated rings. The zero-order valence-corrected chi connectivity index (χ0v) is 11.6. The highest BCUT2D eigenvalue weighted by atomic mass is 16.5. The second-order valence-corrected chi connectivity index (χ2v) is 4.93. The number of methoxy groups -OCH3 is 1. The van der Waals surface area contributed by atoms with Crippen LogP contribution in [0.15, 0.2) is 24.3 Å². The molecule has 0 aromatic heterocycles. The number of likely N-dealkylation sites (N-methyl/N-ethyl adjacent to an activating group) is 1. The maximum atomic E-state index is 11.3. The van der Waals surface area contributed by atoms with Gasteiger partial charge in [0.25, 0.3) is 0 Å². The Kier molecular flexibility index (Phi) is 4.35. The molecule has 0 aliphatic carbocycles. The van der Waals surface area contributed by atoms with Gasteiger partial charge in [0.05, 0.1) is 7.11 Å². The van der Waals surface area contributed by atoms with Crippen molar-refractivity contribution >= 4 is 5.97 Å². The van der Waals surface area contributed by atoms with Crippen molar-refractivity contribution in [1.29, 1.82) is 0 Å². The van der Waals surface area contributed by atoms with Crippen LogP contribution in [0.25, 0.3) is 0 Å². The van der Waals surface area contributed by atoms with Crippen molar-refractivity contribution in [1.82, 2.24) is 4.90 Å². The summed E-state index contributed by atoms with van der Waals surface area (Å²) in [6.45, 7) is 5.39. The first-order chi connectivity index (χ1) is 8.30. The summed E-state index contributed by atoms with van der Waals surface area (Å²) in [7, 11) is 3.44. The molecule has 1 aromatic rings. The molecule has 0 aliphatic rings. The van der Waals surface area contributed by atoms with Gasteiger partial charge in [-0.3, -0.25) is 9.69 Å². The Morgan fingerprint density at radius 1 is 1.44 bits per heavy atom. The van der Waals surface area contributed by atoms with Gasteiger partial charge in [0, 0.05) is 6.04 Å². The van der Waals surface area contributed by atoms with Gasteiger partial charge in [0.2, 0.25) is 0 Å². The number of hydrogen-bond donors (Lipinski definition) is 1. The van der Waals surface area contributed by atoms with E-state index in [0.717, 1.165) is 11.3 Å². The van der Waals surface area contributed by atoms with E-state index < -0.39 is 11.5 Å². The largest absolute Gasteiger partial charge is 0.497 e. The van der Waals surface area contributed by atoms with E-state index in [2.05, 4.69) is 0 Å². The Bertz CT molecular complexity index is 429. The average molecular weight is 251 g/mol. The van der Waals surface area contributed by atoms with Crippen molar-refractivity contribution in [3.8, 4) is 5.75 Å². The Morgan fingerprint density at radius 3 is 2.56 bits per heavy atom. The minimum Gasteiger partial charge on any atom is -0.497 e. The lowest BCUT2D eigenvalue weighted by Gasteiger charge is -2.36. The molecule has 0 saturated heterocycles. The first kappa shape index (κ1) is 14.5. The van der Waals surface area contributed by atoms with E-state index >= 15 is 0 Å². The molecule has 0 saturated carbocycles. The van der Waals surface area contributed by atoms with Gasteiger partial charge in [-0.1, -0.05) is 12.1 Å². The number of benzene rings is 1. The number of aliphatic carboxylic acids is 1. The molecule has 1 atom stereocenters. The summed E-state index contributed by atoms with van der Waals surface area (Å²) in [6, 6.07) is 7.68. The third-order valence-corrected chi connectivity index (χ3v) is 3.56. The third-order valence-electron chi connectivity index (χ3n) is 3.56. The van der Waals surface area contributed by atoms with Gasteiger partial charge in [-0.15, -0.1) is 0 Å². The van der Waals surface area contributed by atoms with Crippen LogP contribution < -0.4 is 4.74 Å². The normalized spacial score (nSPS) is 13.4. The smallest absolute Gasteiger partial charge is 0.323 e. The van der Waals surface area contributed by atoms with Crippen LogP contribution in [0.5, 0.6) is 5.75 Å². The standard InChI is InChI=1S/C14H21NO3/c1-10(15(4)14(2,3)13(16)17)11-7-6-8-12(9-11)18-5/h6-10H,1-5H3,(H,16,17). The quantitative estimate of drug-likeness (QED) is 0.873. The van der Waals surface area contributed by atoms with Gasteiger partial charge in [0.1, 0.15) is 11.3 Å². The van der Waals surface area contributed by atoms with E-state index in [-0.39, 0.29) is 6.04 Å². The first-order valence-corrected chi connectivity index (χ1v) is 5.91. The molecular weight excluding hydrogens is 230 g/mol. The van der Waals surface area contributed by atoms with Crippen molar-refractivity contribution < 1.29 is 14.6 Å². The molecule has 100 valence electrons. The van der Waals surface area contributed by atoms with Crippen molar-refractivity contribution in [3.63, 3.8) is 0 Å². The van der Waals surface area contributed by atoms with E-state index in [0.29, 0.717) is 0 Å². The number of ether oxygens (including phenoxy) is 1. The van der Waals surface area contributed by atoms with Crippen LogP contribution in [0.4, 0.5) is 0 Å². The van der Waals surface area contributed by atoms with E-state index in [1.165, 1.54) is 0 Å². The summed E-state index contributed by atoms with van der Waals surface area (Å²) in [5, 5.41) is 9.24. The minimum absolute atomic E-state index is 0.00815. The van der Waals surface area contributed by atoms with E-state index in [1.807, 2.05) is 43.1 Å². The molecule has 18 heavy (non-hydrogen) atoms. The van der Waals surface area contributed by atoms with Crippen LogP contribution in [-0.2, 0) is 4.79 Å². The van der Waals surface area contributed by atoms with Gasteiger partial charge in [-0.25, -0.2) is 0 Å². The second kappa shape index (κ2) is 5.40. The summed E-state index contributed by atoms with van der Waals surface area (Å²) in [5.74, 6) is -0.0550. The second-order valence-electron chi connectivity index (χ2n) is 4.93. The van der Waals surface area contributed by atoms with Gasteiger partial charge < -0.3 is 9.84 Å². The number of carboxylic acids is 1. The van der Waals surface area contributed by atoms with Gasteiger partial charge >= 0.3 is 5.97 Å². The Morgan fingerprint density at radius 2 is 2.06 bits per heavy atom. The van der Waals surface area contributed by atoms with E-state index in [1.54, 1.807) is 21.0 Å². The van der Waals surface area contributed by atoms with Crippen molar-refractivity contribution in [2.45, 2.75) is 32.4 Å². The van der Waals surface area contributed by atoms with Crippen molar-refractivity contribution in [3.05, 3.63) is 29.8 Å². The first-order valence-electron chi connectivity index (χ1n) is 5.91. The molecule has 1 rings (SSSR count). The van der Waals surface area contributed by atoms with Crippen LogP contribution in [0.1, 0.15) is 32.4 Å². The van der Waals surface area contributed by atoms with Gasteiger partial charge in [-0.2, -0.15) is 0 Å². The molecule has 4 heteroatoms. The summed E-state index contributed by atoms with van der Waals surface area (Å²) in [4.78, 5) is 13.1. The fourth-order valence-corrected chi connectivity index (χ4v) is 1.76. The number of nitrogens with zero attached hydrogens (tertiary/aromatic N) is 1. The Balaban J connectivity index is 2.99. The fraction of sp³-hybridized carbons (Fsp3) is 0.500. The lowest BCUT2D eigenvalue weighted by atomic mass is 9.98. The molecule has 1 unspecified atom stereocenters. The predicted octanol–water partition coefficient (Wildman–Crippen LogP) is 2.55. The number of hydrogen-bond acceptors (Lipinski definition) is 3. The molecule has 0 radical (unpaired) electrons. The summed E-state index contributed by atoms with van der Waals surface area (Å²) in [6.07, 6.45) is 0. The molecular formula is C14H21NO3. The third kappa shape index (κ3) is 2.82. The summed E-state index contributed by atoms with van der Waals surface area (Å²) >= 11 is 0. The molecule has 0 heterocycles. The minimum atomic E-state index is -0.914. The maximum Gasteiger partial charge on any atom is 0.323 e. The molecule has 1 aromatic carbocycles. The highest BCUT2D eigenvalue weighted by molar-refractivity contribution is 5.77. The zero-order valence-electron chi connectivity index (χ0n) is 11.6. The lowest BCUT2D eigenvalue weighted by Crippen LogP contribution is -2.48. The van der Waals surface area contributed by atoms with Crippen LogP contribution in [0, 0.1) is 0 Å². The van der Waals surface area contributed by atoms with Crippen molar-refractivity contribution in [2.24, 2.45) is 0 Å². The number of rotatable bonds is 5. The van der Waals surface area contributed by atoms with Crippen LogP contribution >= 0.6 is 0 Å². The highest BCUT2D eigenvalue weighted by Crippen LogP contribution is 2.28. The Labute approximate surface area is 108 Å². The SMILES string of the molecule is COc1cccc(C(C)N(C)C(C)(C)C(=O)O)c1. The number of carbonyl (C=O) groups is 1. The average Bonchev–Trinajstić information content (AvgIpc) is 2.36. The van der Waals surface area contributed by atoms with E-state index in [4.69, 9.17) is 4.74 Å². The molecule has 0 bridgehead atoms. The monoisotopic (exact) mass is 251 g/mol. The number of carboxylic acid groups (broad SMARTS) is 1. The van der Waals surface area contributed by atoms with Crippen molar-refractivity contribution in [2.75, 3.05) is 14.2 Å². The van der Waals surface area contributed by atoms with Gasteiger partial charge in [0.15, 0.2) is 0 Å². The zero-order chi connectivity index (χ0) is 13.9. The molecule has 0 spiro atoms. The highest BCUT2D eigenvalue weighted by Gasteiger charge is 2.35. The Hall–Kier alpha value is -1.55. The van der Waals surface area contributed by atoms with Crippen LogP contribution in [0.3, 0.4) is 0 Å². The predicted molar refractivity (Wildman–Crippen MR) is 70.9 cm³/mol. The van der Waals surface area contributed by atoms with Crippen LogP contribution in [0.2, 0.25) is 0 Å². The molecule has 0 amide bonds. The molecule has 1 N–H and O–H groups in total. The molecule has 0 aliphatic heterocycles. The molecule has 4 nitrogen and oxygen atoms in total. The van der Waals surface area contributed by atoms with E-state index in [9.17, 15) is 9.90 Å². The fourth-order valence-electron chi connectivity index (χ4n) is 1.76. The van der Waals surface area contributed by atoms with Gasteiger partial charge in [-0.05, 0) is 45.5 Å². The summed E-state index contributed by atoms with van der Waals surface area (Å²) in [5.41, 5.74) is 0.119. The topological polar surface area (TPSA) is 49.8 Å². The maximum absolute atomic E-state index is 11.3.